The van der Waals surface area contributed by atoms with Crippen molar-refractivity contribution in [3.05, 3.63) is 30.3 Å². The summed E-state index contributed by atoms with van der Waals surface area (Å²) in [7, 11) is 0. The Morgan fingerprint density at radius 2 is 1.90 bits per heavy atom. The second-order valence-corrected chi connectivity index (χ2v) is 4.20. The van der Waals surface area contributed by atoms with Crippen LogP contribution in [-0.4, -0.2) is 35.7 Å². The van der Waals surface area contributed by atoms with Crippen LogP contribution in [0, 0.1) is 0 Å². The van der Waals surface area contributed by atoms with Crippen molar-refractivity contribution < 1.29 is 24.2 Å². The summed E-state index contributed by atoms with van der Waals surface area (Å²) in [6, 6.07) is 6.83. The highest BCUT2D eigenvalue weighted by atomic mass is 16.5. The Morgan fingerprint density at radius 1 is 1.24 bits per heavy atom. The molecule has 2 amide bonds. The lowest BCUT2D eigenvalue weighted by Gasteiger charge is -2.14. The minimum absolute atomic E-state index is 0.0314. The maximum Gasteiger partial charge on any atom is 0.326 e. The molecule has 0 heterocycles. The van der Waals surface area contributed by atoms with Gasteiger partial charge in [-0.05, 0) is 25.5 Å². The Labute approximate surface area is 122 Å². The van der Waals surface area contributed by atoms with E-state index in [1.165, 1.54) is 0 Å². The second kappa shape index (κ2) is 8.57. The fourth-order valence-electron chi connectivity index (χ4n) is 1.60. The van der Waals surface area contributed by atoms with Gasteiger partial charge in [0.05, 0.1) is 6.61 Å². The molecule has 1 rings (SSSR count). The van der Waals surface area contributed by atoms with Crippen LogP contribution in [0.2, 0.25) is 0 Å². The number of amides is 2. The summed E-state index contributed by atoms with van der Waals surface area (Å²) in [4.78, 5) is 34.0. The number of rotatable bonds is 7. The molecule has 0 radical (unpaired) electrons. The van der Waals surface area contributed by atoms with E-state index >= 15 is 0 Å². The van der Waals surface area contributed by atoms with Gasteiger partial charge in [-0.1, -0.05) is 18.2 Å². The predicted octanol–water partition coefficient (Wildman–Crippen LogP) is 1.60. The minimum Gasteiger partial charge on any atom is -0.480 e. The van der Waals surface area contributed by atoms with Gasteiger partial charge in [-0.25, -0.2) is 9.59 Å². The molecule has 1 aromatic rings. The summed E-state index contributed by atoms with van der Waals surface area (Å²) < 4.78 is 4.71. The van der Waals surface area contributed by atoms with E-state index in [1.807, 2.05) is 0 Å². The molecule has 3 N–H and O–H groups in total. The van der Waals surface area contributed by atoms with Gasteiger partial charge >= 0.3 is 18.0 Å². The molecule has 0 aliphatic rings. The van der Waals surface area contributed by atoms with Crippen LogP contribution in [0.4, 0.5) is 10.5 Å². The SMILES string of the molecule is CCOC(=O)CC[C@H](NC(=O)Nc1ccccc1)C(=O)O. The summed E-state index contributed by atoms with van der Waals surface area (Å²) >= 11 is 0. The highest BCUT2D eigenvalue weighted by Crippen LogP contribution is 2.05. The number of hydrogen-bond donors (Lipinski definition) is 3. The van der Waals surface area contributed by atoms with E-state index in [1.54, 1.807) is 37.3 Å². The molecule has 0 aliphatic carbocycles. The standard InChI is InChI=1S/C14H18N2O5/c1-2-21-12(17)9-8-11(13(18)19)16-14(20)15-10-6-4-3-5-7-10/h3-7,11H,2,8-9H2,1H3,(H,18,19)(H2,15,16,20)/t11-/m0/s1. The first-order valence-electron chi connectivity index (χ1n) is 6.54. The van der Waals surface area contributed by atoms with Gasteiger partial charge in [-0.15, -0.1) is 0 Å². The smallest absolute Gasteiger partial charge is 0.326 e. The van der Waals surface area contributed by atoms with Gasteiger partial charge in [-0.2, -0.15) is 0 Å². The topological polar surface area (TPSA) is 105 Å². The first-order chi connectivity index (χ1) is 10.0. The Balaban J connectivity index is 2.48. The number of ether oxygens (including phenoxy) is 1. The van der Waals surface area contributed by atoms with Crippen LogP contribution in [0.1, 0.15) is 19.8 Å². The largest absolute Gasteiger partial charge is 0.480 e. The average molecular weight is 294 g/mol. The van der Waals surface area contributed by atoms with Crippen molar-refractivity contribution in [1.29, 1.82) is 0 Å². The quantitative estimate of drug-likeness (QED) is 0.663. The number of esters is 1. The van der Waals surface area contributed by atoms with E-state index in [4.69, 9.17) is 9.84 Å². The van der Waals surface area contributed by atoms with Crippen LogP contribution in [0.15, 0.2) is 30.3 Å². The van der Waals surface area contributed by atoms with Crippen molar-refractivity contribution in [2.24, 2.45) is 0 Å². The molecule has 1 aromatic carbocycles. The summed E-state index contributed by atoms with van der Waals surface area (Å²) in [5.74, 6) is -1.70. The third kappa shape index (κ3) is 6.42. The fraction of sp³-hybridized carbons (Fsp3) is 0.357. The van der Waals surface area contributed by atoms with E-state index in [9.17, 15) is 14.4 Å². The maximum absolute atomic E-state index is 11.7. The van der Waals surface area contributed by atoms with E-state index in [0.717, 1.165) is 0 Å². The first kappa shape index (κ1) is 16.5. The lowest BCUT2D eigenvalue weighted by atomic mass is 10.1. The zero-order chi connectivity index (χ0) is 15.7. The molecule has 21 heavy (non-hydrogen) atoms. The Bertz CT molecular complexity index is 489. The Hall–Kier alpha value is -2.57. The molecular formula is C14H18N2O5. The van der Waals surface area contributed by atoms with E-state index in [2.05, 4.69) is 10.6 Å². The van der Waals surface area contributed by atoms with Crippen LogP contribution in [0.3, 0.4) is 0 Å². The van der Waals surface area contributed by atoms with Gasteiger partial charge < -0.3 is 20.5 Å². The van der Waals surface area contributed by atoms with Crippen LogP contribution in [0.5, 0.6) is 0 Å². The number of hydrogen-bond acceptors (Lipinski definition) is 4. The molecule has 0 aliphatic heterocycles. The predicted molar refractivity (Wildman–Crippen MR) is 75.9 cm³/mol. The van der Waals surface area contributed by atoms with Crippen molar-refractivity contribution in [3.8, 4) is 0 Å². The number of carbonyl (C=O) groups is 3. The maximum atomic E-state index is 11.7. The molecule has 114 valence electrons. The Morgan fingerprint density at radius 3 is 2.48 bits per heavy atom. The number of nitrogens with one attached hydrogen (secondary N) is 2. The van der Waals surface area contributed by atoms with E-state index in [0.29, 0.717) is 5.69 Å². The van der Waals surface area contributed by atoms with Crippen LogP contribution >= 0.6 is 0 Å². The van der Waals surface area contributed by atoms with Gasteiger partial charge in [0, 0.05) is 12.1 Å². The van der Waals surface area contributed by atoms with Gasteiger partial charge in [0.25, 0.3) is 0 Å². The number of urea groups is 1. The lowest BCUT2D eigenvalue weighted by Crippen LogP contribution is -2.43. The Kier molecular flexibility index (Phi) is 6.73. The van der Waals surface area contributed by atoms with Crippen LogP contribution < -0.4 is 10.6 Å². The molecule has 0 saturated heterocycles. The molecule has 0 fully saturated rings. The molecule has 0 bridgehead atoms. The monoisotopic (exact) mass is 294 g/mol. The summed E-state index contributed by atoms with van der Waals surface area (Å²) in [5.41, 5.74) is 0.546. The zero-order valence-electron chi connectivity index (χ0n) is 11.7. The lowest BCUT2D eigenvalue weighted by molar-refractivity contribution is -0.144. The number of carbonyl (C=O) groups excluding carboxylic acids is 2. The molecule has 7 heteroatoms. The normalized spacial score (nSPS) is 11.3. The number of carboxylic acid groups (broad SMARTS) is 1. The van der Waals surface area contributed by atoms with Crippen molar-refractivity contribution in [2.45, 2.75) is 25.8 Å². The van der Waals surface area contributed by atoms with Gasteiger partial charge in [-0.3, -0.25) is 4.79 Å². The molecule has 0 unspecified atom stereocenters. The minimum atomic E-state index is -1.21. The number of benzene rings is 1. The van der Waals surface area contributed by atoms with Crippen molar-refractivity contribution in [1.82, 2.24) is 5.32 Å². The average Bonchev–Trinajstić information content (AvgIpc) is 2.44. The van der Waals surface area contributed by atoms with Gasteiger partial charge in [0.15, 0.2) is 0 Å². The number of para-hydroxylation sites is 1. The van der Waals surface area contributed by atoms with Crippen molar-refractivity contribution in [2.75, 3.05) is 11.9 Å². The van der Waals surface area contributed by atoms with Gasteiger partial charge in [0.2, 0.25) is 0 Å². The third-order valence-electron chi connectivity index (χ3n) is 2.58. The first-order valence-corrected chi connectivity index (χ1v) is 6.54. The van der Waals surface area contributed by atoms with E-state index in [-0.39, 0.29) is 19.4 Å². The van der Waals surface area contributed by atoms with Crippen LogP contribution in [-0.2, 0) is 14.3 Å². The number of aliphatic carboxylic acids is 1. The van der Waals surface area contributed by atoms with Crippen LogP contribution in [0.25, 0.3) is 0 Å². The highest BCUT2D eigenvalue weighted by Gasteiger charge is 2.21. The van der Waals surface area contributed by atoms with Gasteiger partial charge in [0.1, 0.15) is 6.04 Å². The molecule has 0 spiro atoms. The third-order valence-corrected chi connectivity index (χ3v) is 2.58. The number of carboxylic acids is 1. The molecule has 0 saturated carbocycles. The second-order valence-electron chi connectivity index (χ2n) is 4.20. The summed E-state index contributed by atoms with van der Waals surface area (Å²) in [5, 5.41) is 13.9. The summed E-state index contributed by atoms with van der Waals surface area (Å²) in [6.45, 7) is 1.90. The summed E-state index contributed by atoms with van der Waals surface area (Å²) in [6.07, 6.45) is -0.104. The number of anilines is 1. The molecular weight excluding hydrogens is 276 g/mol. The fourth-order valence-corrected chi connectivity index (χ4v) is 1.60. The highest BCUT2D eigenvalue weighted by molar-refractivity contribution is 5.92. The zero-order valence-corrected chi connectivity index (χ0v) is 11.7. The molecule has 1 atom stereocenters. The molecule has 0 aromatic heterocycles. The molecule has 7 nitrogen and oxygen atoms in total. The van der Waals surface area contributed by atoms with Crippen molar-refractivity contribution in [3.63, 3.8) is 0 Å². The van der Waals surface area contributed by atoms with E-state index < -0.39 is 24.0 Å². The van der Waals surface area contributed by atoms with Crippen molar-refractivity contribution >= 4 is 23.7 Å².